The molecule has 2 aromatic rings. The number of carbonyl (C=O) groups excluding carboxylic acids is 1. The van der Waals surface area contributed by atoms with Gasteiger partial charge in [-0.3, -0.25) is 9.59 Å². The Hall–Kier alpha value is -2.82. The maximum Gasteiger partial charge on any atom is 0.308 e. The Bertz CT molecular complexity index is 833. The molecular weight excluding hydrogens is 354 g/mol. The molecule has 1 saturated carbocycles. The number of amides is 1. The summed E-state index contributed by atoms with van der Waals surface area (Å²) in [6.07, 6.45) is 2.28. The molecule has 0 spiro atoms. The number of benzene rings is 2. The molecule has 0 radical (unpaired) electrons. The number of hydrogen-bond donors (Lipinski definition) is 1. The number of ether oxygens (including phenoxy) is 1. The molecule has 2 fully saturated rings. The van der Waals surface area contributed by atoms with Crippen LogP contribution >= 0.6 is 0 Å². The van der Waals surface area contributed by atoms with Gasteiger partial charge in [-0.25, -0.2) is 0 Å². The lowest BCUT2D eigenvalue weighted by atomic mass is 9.97. The highest BCUT2D eigenvalue weighted by Crippen LogP contribution is 2.49. The van der Waals surface area contributed by atoms with Gasteiger partial charge >= 0.3 is 5.97 Å². The van der Waals surface area contributed by atoms with Crippen LogP contribution in [0.3, 0.4) is 0 Å². The molecule has 4 rings (SSSR count). The predicted octanol–water partition coefficient (Wildman–Crippen LogP) is 3.69. The third-order valence-corrected chi connectivity index (χ3v) is 5.75. The Morgan fingerprint density at radius 1 is 1.07 bits per heavy atom. The Balaban J connectivity index is 1.31. The van der Waals surface area contributed by atoms with Crippen LogP contribution in [0.2, 0.25) is 0 Å². The first-order valence-electron chi connectivity index (χ1n) is 9.90. The number of piperidine rings is 1. The largest absolute Gasteiger partial charge is 0.489 e. The normalized spacial score (nSPS) is 23.9. The van der Waals surface area contributed by atoms with E-state index in [1.807, 2.05) is 54.6 Å². The molecule has 1 saturated heterocycles. The topological polar surface area (TPSA) is 66.8 Å². The monoisotopic (exact) mass is 379 g/mol. The van der Waals surface area contributed by atoms with E-state index in [-0.39, 0.29) is 17.7 Å². The number of nitrogens with zero attached hydrogens (tertiary/aromatic N) is 1. The summed E-state index contributed by atoms with van der Waals surface area (Å²) in [6.45, 7) is 1.56. The van der Waals surface area contributed by atoms with E-state index in [4.69, 9.17) is 4.74 Å². The number of aliphatic carboxylic acids is 1. The van der Waals surface area contributed by atoms with E-state index in [0.717, 1.165) is 29.7 Å². The van der Waals surface area contributed by atoms with Gasteiger partial charge in [0.2, 0.25) is 5.91 Å². The molecule has 1 heterocycles. The van der Waals surface area contributed by atoms with Gasteiger partial charge in [-0.05, 0) is 48.4 Å². The number of likely N-dealkylation sites (tertiary alicyclic amines) is 1. The average molecular weight is 379 g/mol. The van der Waals surface area contributed by atoms with Gasteiger partial charge < -0.3 is 14.7 Å². The fourth-order valence-electron chi connectivity index (χ4n) is 4.00. The van der Waals surface area contributed by atoms with E-state index in [9.17, 15) is 14.7 Å². The SMILES string of the molecule is O=C(O)[C@H]1CCCN(C(=O)C2CC2c2ccc(OCc3ccccc3)cc2)C1. The molecule has 146 valence electrons. The van der Waals surface area contributed by atoms with Gasteiger partial charge in [-0.1, -0.05) is 42.5 Å². The first kappa shape index (κ1) is 18.5. The smallest absolute Gasteiger partial charge is 0.308 e. The summed E-state index contributed by atoms with van der Waals surface area (Å²) < 4.78 is 5.82. The number of carboxylic acid groups (broad SMARTS) is 1. The second kappa shape index (κ2) is 8.05. The summed E-state index contributed by atoms with van der Waals surface area (Å²) in [6, 6.07) is 18.0. The van der Waals surface area contributed by atoms with Crippen LogP contribution in [0, 0.1) is 11.8 Å². The van der Waals surface area contributed by atoms with E-state index in [1.54, 1.807) is 4.90 Å². The Labute approximate surface area is 164 Å². The van der Waals surface area contributed by atoms with E-state index < -0.39 is 11.9 Å². The molecule has 5 heteroatoms. The predicted molar refractivity (Wildman–Crippen MR) is 105 cm³/mol. The molecule has 5 nitrogen and oxygen atoms in total. The molecule has 0 aromatic heterocycles. The minimum absolute atomic E-state index is 0.0105. The molecule has 2 unspecified atom stereocenters. The minimum atomic E-state index is -0.795. The van der Waals surface area contributed by atoms with Gasteiger partial charge in [0, 0.05) is 19.0 Å². The van der Waals surface area contributed by atoms with Crippen molar-refractivity contribution in [1.29, 1.82) is 0 Å². The fraction of sp³-hybridized carbons (Fsp3) is 0.391. The standard InChI is InChI=1S/C23H25NO4/c25-22(24-12-4-7-18(14-24)23(26)27)21-13-20(21)17-8-10-19(11-9-17)28-15-16-5-2-1-3-6-16/h1-3,5-6,8-11,18,20-21H,4,7,12-15H2,(H,26,27)/t18-,20?,21?/m0/s1. The van der Waals surface area contributed by atoms with Crippen molar-refractivity contribution in [1.82, 2.24) is 4.90 Å². The first-order valence-corrected chi connectivity index (χ1v) is 9.90. The van der Waals surface area contributed by atoms with E-state index in [2.05, 4.69) is 0 Å². The van der Waals surface area contributed by atoms with Gasteiger partial charge in [0.05, 0.1) is 5.92 Å². The molecule has 2 aliphatic rings. The van der Waals surface area contributed by atoms with Crippen molar-refractivity contribution in [3.8, 4) is 5.75 Å². The Kier molecular flexibility index (Phi) is 5.33. The molecule has 1 N–H and O–H groups in total. The van der Waals surface area contributed by atoms with Crippen molar-refractivity contribution in [2.75, 3.05) is 13.1 Å². The summed E-state index contributed by atoms with van der Waals surface area (Å²) in [5.74, 6) is -0.0618. The molecule has 28 heavy (non-hydrogen) atoms. The zero-order valence-electron chi connectivity index (χ0n) is 15.8. The molecular formula is C23H25NO4. The maximum atomic E-state index is 12.7. The van der Waals surface area contributed by atoms with Crippen LogP contribution in [0.1, 0.15) is 36.3 Å². The highest BCUT2D eigenvalue weighted by molar-refractivity contribution is 5.84. The number of carbonyl (C=O) groups is 2. The quantitative estimate of drug-likeness (QED) is 0.831. The molecule has 1 aliphatic heterocycles. The van der Waals surface area contributed by atoms with Gasteiger partial charge in [0.25, 0.3) is 0 Å². The van der Waals surface area contributed by atoms with Crippen molar-refractivity contribution in [2.45, 2.75) is 31.8 Å². The maximum absolute atomic E-state index is 12.7. The van der Waals surface area contributed by atoms with E-state index in [0.29, 0.717) is 26.1 Å². The van der Waals surface area contributed by atoms with Gasteiger partial charge in [0.15, 0.2) is 0 Å². The van der Waals surface area contributed by atoms with Crippen LogP contribution in [-0.2, 0) is 16.2 Å². The molecule has 2 aromatic carbocycles. The molecule has 0 bridgehead atoms. The lowest BCUT2D eigenvalue weighted by Crippen LogP contribution is -2.43. The van der Waals surface area contributed by atoms with Crippen LogP contribution in [0.4, 0.5) is 0 Å². The lowest BCUT2D eigenvalue weighted by Gasteiger charge is -2.31. The second-order valence-electron chi connectivity index (χ2n) is 7.75. The van der Waals surface area contributed by atoms with Gasteiger partial charge in [-0.15, -0.1) is 0 Å². The molecule has 3 atom stereocenters. The van der Waals surface area contributed by atoms with Crippen molar-refractivity contribution in [3.05, 3.63) is 65.7 Å². The number of rotatable bonds is 6. The van der Waals surface area contributed by atoms with Crippen molar-refractivity contribution in [2.24, 2.45) is 11.8 Å². The molecule has 1 aliphatic carbocycles. The summed E-state index contributed by atoms with van der Waals surface area (Å²) in [5, 5.41) is 9.21. The van der Waals surface area contributed by atoms with Crippen LogP contribution in [0.15, 0.2) is 54.6 Å². The number of hydrogen-bond acceptors (Lipinski definition) is 3. The van der Waals surface area contributed by atoms with E-state index >= 15 is 0 Å². The van der Waals surface area contributed by atoms with E-state index in [1.165, 1.54) is 0 Å². The van der Waals surface area contributed by atoms with Gasteiger partial charge in [0.1, 0.15) is 12.4 Å². The second-order valence-corrected chi connectivity index (χ2v) is 7.75. The van der Waals surface area contributed by atoms with Crippen molar-refractivity contribution >= 4 is 11.9 Å². The highest BCUT2D eigenvalue weighted by atomic mass is 16.5. The number of carboxylic acids is 1. The highest BCUT2D eigenvalue weighted by Gasteiger charge is 2.46. The minimum Gasteiger partial charge on any atom is -0.489 e. The fourth-order valence-corrected chi connectivity index (χ4v) is 4.00. The Morgan fingerprint density at radius 2 is 1.82 bits per heavy atom. The average Bonchev–Trinajstić information content (AvgIpc) is 3.54. The first-order chi connectivity index (χ1) is 13.6. The third kappa shape index (κ3) is 4.19. The van der Waals surface area contributed by atoms with Gasteiger partial charge in [-0.2, -0.15) is 0 Å². The van der Waals surface area contributed by atoms with Crippen molar-refractivity contribution < 1.29 is 19.4 Å². The van der Waals surface area contributed by atoms with Crippen LogP contribution in [-0.4, -0.2) is 35.0 Å². The van der Waals surface area contributed by atoms with Crippen LogP contribution in [0.25, 0.3) is 0 Å². The van der Waals surface area contributed by atoms with Crippen LogP contribution < -0.4 is 4.74 Å². The van der Waals surface area contributed by atoms with Crippen LogP contribution in [0.5, 0.6) is 5.75 Å². The lowest BCUT2D eigenvalue weighted by molar-refractivity contribution is -0.146. The zero-order chi connectivity index (χ0) is 19.5. The summed E-state index contributed by atoms with van der Waals surface area (Å²) >= 11 is 0. The zero-order valence-corrected chi connectivity index (χ0v) is 15.8. The third-order valence-electron chi connectivity index (χ3n) is 5.75. The summed E-state index contributed by atoms with van der Waals surface area (Å²) in [7, 11) is 0. The summed E-state index contributed by atoms with van der Waals surface area (Å²) in [4.78, 5) is 25.7. The Morgan fingerprint density at radius 3 is 2.54 bits per heavy atom. The van der Waals surface area contributed by atoms with Crippen molar-refractivity contribution in [3.63, 3.8) is 0 Å². The molecule has 1 amide bonds. The summed E-state index contributed by atoms with van der Waals surface area (Å²) in [5.41, 5.74) is 2.28.